The van der Waals surface area contributed by atoms with Crippen LogP contribution in [0.5, 0.6) is 11.8 Å². The molecule has 6 aliphatic heterocycles. The molecule has 2 aromatic heterocycles. The summed E-state index contributed by atoms with van der Waals surface area (Å²) in [6.07, 6.45) is -1.40. The predicted molar refractivity (Wildman–Crippen MR) is 194 cm³/mol. The lowest BCUT2D eigenvalue weighted by Gasteiger charge is -2.40. The highest BCUT2D eigenvalue weighted by molar-refractivity contribution is 6.36. The van der Waals surface area contributed by atoms with E-state index in [1.807, 2.05) is 0 Å². The van der Waals surface area contributed by atoms with Crippen LogP contribution in [0.4, 0.5) is 34.0 Å². The number of aryl methyl sites for hydroxylation is 1. The fourth-order valence-electron chi connectivity index (χ4n) is 9.55. The van der Waals surface area contributed by atoms with Crippen molar-refractivity contribution in [3.8, 4) is 23.0 Å². The summed E-state index contributed by atoms with van der Waals surface area (Å²) >= 11 is 6.89. The number of piperazine rings is 1. The largest absolute Gasteiger partial charge is 0.489 e. The molecule has 0 spiro atoms. The number of morpholine rings is 1. The standard InChI is InChI=1S/C37H41ClF4N8O5/c1-18-12-36(6-5-21(50(36)13-18)15-54-35(51)48-7-9-52-10-8-48)17-55-34-46-31-26-32(53-16-23-22-4-3-20(44-22)14-49(23)33(26)47-34)28(38)25(29(31)39)30-27(37(40,41)42)19(2)11-24(43)45-30/h11,20-23,44H,1,3-10,12-17H2,2H3,(H2,43,45)/t20?,21-,22?,23?,36-/m0/s1. The fraction of sp³-hybridized carbons (Fsp3) is 0.568. The van der Waals surface area contributed by atoms with Crippen LogP contribution in [0.2, 0.25) is 5.02 Å². The molecule has 8 heterocycles. The van der Waals surface area contributed by atoms with Crippen molar-refractivity contribution >= 4 is 40.2 Å². The minimum Gasteiger partial charge on any atom is -0.489 e. The Hall–Kier alpha value is -4.19. The van der Waals surface area contributed by atoms with E-state index in [0.29, 0.717) is 58.1 Å². The second-order valence-electron chi connectivity index (χ2n) is 15.5. The van der Waals surface area contributed by atoms with Gasteiger partial charge in [0.05, 0.1) is 52.0 Å². The Labute approximate surface area is 319 Å². The topological polar surface area (TPSA) is 140 Å². The summed E-state index contributed by atoms with van der Waals surface area (Å²) in [6.45, 7) is 8.93. The number of nitrogens with zero attached hydrogens (tertiary/aromatic N) is 6. The third kappa shape index (κ3) is 6.17. The second-order valence-corrected chi connectivity index (χ2v) is 15.9. The Kier molecular flexibility index (Phi) is 8.94. The lowest BCUT2D eigenvalue weighted by molar-refractivity contribution is -0.137. The molecule has 0 aliphatic carbocycles. The summed E-state index contributed by atoms with van der Waals surface area (Å²) in [5, 5.41) is 3.38. The zero-order valence-electron chi connectivity index (χ0n) is 30.2. The first-order chi connectivity index (χ1) is 26.3. The van der Waals surface area contributed by atoms with E-state index < -0.39 is 34.4 Å². The van der Waals surface area contributed by atoms with E-state index in [0.717, 1.165) is 30.9 Å². The highest BCUT2D eigenvalue weighted by Gasteiger charge is 2.52. The fourth-order valence-corrected chi connectivity index (χ4v) is 9.87. The minimum atomic E-state index is -4.91. The van der Waals surface area contributed by atoms with Gasteiger partial charge in [0.1, 0.15) is 37.0 Å². The maximum Gasteiger partial charge on any atom is 0.418 e. The number of nitrogens with two attached hydrogens (primary N) is 1. The van der Waals surface area contributed by atoms with Crippen LogP contribution in [0, 0.1) is 12.7 Å². The van der Waals surface area contributed by atoms with Gasteiger partial charge in [0, 0.05) is 44.3 Å². The summed E-state index contributed by atoms with van der Waals surface area (Å²) in [6, 6.07) is 0.806. The van der Waals surface area contributed by atoms with Crippen LogP contribution in [-0.4, -0.2) is 120 Å². The number of pyridine rings is 1. The summed E-state index contributed by atoms with van der Waals surface area (Å²) < 4.78 is 84.8. The first kappa shape index (κ1) is 36.4. The highest BCUT2D eigenvalue weighted by atomic mass is 35.5. The van der Waals surface area contributed by atoms with E-state index in [-0.39, 0.29) is 89.1 Å². The maximum absolute atomic E-state index is 17.2. The van der Waals surface area contributed by atoms with Crippen LogP contribution in [0.25, 0.3) is 22.2 Å². The van der Waals surface area contributed by atoms with Gasteiger partial charge in [0.2, 0.25) is 0 Å². The third-order valence-corrected chi connectivity index (χ3v) is 12.4. The van der Waals surface area contributed by atoms with Gasteiger partial charge in [-0.3, -0.25) is 4.90 Å². The maximum atomic E-state index is 17.2. The molecule has 55 heavy (non-hydrogen) atoms. The number of carbonyl (C=O) groups excluding carboxylic acids is 1. The van der Waals surface area contributed by atoms with Crippen LogP contribution < -0.4 is 25.4 Å². The quantitative estimate of drug-likeness (QED) is 0.254. The predicted octanol–water partition coefficient (Wildman–Crippen LogP) is 5.11. The van der Waals surface area contributed by atoms with Crippen LogP contribution in [-0.2, 0) is 15.7 Å². The average molecular weight is 789 g/mol. The van der Waals surface area contributed by atoms with E-state index in [2.05, 4.69) is 31.7 Å². The number of nitrogens with one attached hydrogen (secondary N) is 1. The number of carbonyl (C=O) groups is 1. The number of hydrogen-bond acceptors (Lipinski definition) is 12. The third-order valence-electron chi connectivity index (χ3n) is 12.0. The van der Waals surface area contributed by atoms with Gasteiger partial charge in [0.25, 0.3) is 0 Å². The van der Waals surface area contributed by atoms with E-state index in [4.69, 9.17) is 41.3 Å². The van der Waals surface area contributed by atoms with Crippen molar-refractivity contribution < 1.29 is 41.3 Å². The van der Waals surface area contributed by atoms with Gasteiger partial charge in [-0.1, -0.05) is 23.8 Å². The lowest BCUT2D eigenvalue weighted by atomic mass is 9.94. The number of anilines is 2. The average Bonchev–Trinajstić information content (AvgIpc) is 3.76. The number of halogens is 5. The monoisotopic (exact) mass is 788 g/mol. The molecule has 5 fully saturated rings. The van der Waals surface area contributed by atoms with E-state index in [9.17, 15) is 18.0 Å². The number of fused-ring (bicyclic) bond motifs is 6. The molecule has 5 saturated heterocycles. The van der Waals surface area contributed by atoms with Crippen LogP contribution in [0.15, 0.2) is 18.2 Å². The van der Waals surface area contributed by atoms with Crippen molar-refractivity contribution in [1.29, 1.82) is 0 Å². The normalized spacial score (nSPS) is 27.6. The smallest absolute Gasteiger partial charge is 0.418 e. The summed E-state index contributed by atoms with van der Waals surface area (Å²) in [5.41, 5.74) is 3.33. The van der Waals surface area contributed by atoms with Gasteiger partial charge in [0.15, 0.2) is 11.6 Å². The molecular formula is C37H41ClF4N8O5. The Morgan fingerprint density at radius 3 is 2.78 bits per heavy atom. The number of aromatic nitrogens is 3. The van der Waals surface area contributed by atoms with Gasteiger partial charge in [-0.05, 0) is 50.7 Å². The number of nitrogen functional groups attached to an aromatic ring is 1. The van der Waals surface area contributed by atoms with Gasteiger partial charge >= 0.3 is 18.3 Å². The molecular weight excluding hydrogens is 748 g/mol. The Balaban J connectivity index is 1.10. The SMILES string of the molecule is C=C1CN2[C@H](COC(=O)N3CCOCC3)CC[C@@]2(COc2nc3c4c(c(Cl)c(-c5nc(N)cc(C)c5C(F)(F)F)c(F)c4n2)OCC2C4CCC(CN32)N4)C1. The Morgan fingerprint density at radius 2 is 2.00 bits per heavy atom. The molecule has 0 radical (unpaired) electrons. The molecule has 3 N–H and O–H groups in total. The van der Waals surface area contributed by atoms with Crippen LogP contribution in [0.3, 0.4) is 0 Å². The molecule has 3 unspecified atom stereocenters. The Bertz CT molecular complexity index is 2090. The molecule has 13 nitrogen and oxygen atoms in total. The van der Waals surface area contributed by atoms with Gasteiger partial charge in [-0.15, -0.1) is 0 Å². The zero-order valence-corrected chi connectivity index (χ0v) is 30.9. The zero-order chi connectivity index (χ0) is 38.4. The number of alkyl halides is 3. The lowest BCUT2D eigenvalue weighted by Crippen LogP contribution is -2.60. The van der Waals surface area contributed by atoms with Crippen molar-refractivity contribution in [2.45, 2.75) is 74.9 Å². The van der Waals surface area contributed by atoms with E-state index >= 15 is 4.39 Å². The highest BCUT2D eigenvalue weighted by Crippen LogP contribution is 2.52. The minimum absolute atomic E-state index is 0.0305. The van der Waals surface area contributed by atoms with E-state index in [1.54, 1.807) is 4.90 Å². The van der Waals surface area contributed by atoms with Gasteiger partial charge in [-0.2, -0.15) is 23.1 Å². The molecule has 6 aliphatic rings. The molecule has 3 aromatic rings. The van der Waals surface area contributed by atoms with Crippen molar-refractivity contribution in [1.82, 2.24) is 30.1 Å². The van der Waals surface area contributed by atoms with Crippen LogP contribution in [0.1, 0.15) is 43.2 Å². The molecule has 294 valence electrons. The van der Waals surface area contributed by atoms with Crippen molar-refractivity contribution in [3.63, 3.8) is 0 Å². The van der Waals surface area contributed by atoms with Crippen LogP contribution >= 0.6 is 11.6 Å². The molecule has 9 rings (SSSR count). The molecule has 0 saturated carbocycles. The summed E-state index contributed by atoms with van der Waals surface area (Å²) in [5.74, 6) is -1.06. The number of benzene rings is 1. The first-order valence-corrected chi connectivity index (χ1v) is 19.0. The second kappa shape index (κ2) is 13.5. The molecule has 1 amide bonds. The number of ether oxygens (including phenoxy) is 4. The van der Waals surface area contributed by atoms with Gasteiger partial charge < -0.3 is 39.8 Å². The summed E-state index contributed by atoms with van der Waals surface area (Å²) in [7, 11) is 0. The van der Waals surface area contributed by atoms with Gasteiger partial charge in [-0.25, -0.2) is 14.2 Å². The van der Waals surface area contributed by atoms with Crippen molar-refractivity contribution in [2.24, 2.45) is 0 Å². The number of rotatable bonds is 6. The van der Waals surface area contributed by atoms with E-state index in [1.165, 1.54) is 6.92 Å². The molecule has 5 atom stereocenters. The van der Waals surface area contributed by atoms with Crippen molar-refractivity contribution in [3.05, 3.63) is 40.2 Å². The summed E-state index contributed by atoms with van der Waals surface area (Å²) in [4.78, 5) is 32.1. The first-order valence-electron chi connectivity index (χ1n) is 18.6. The molecule has 18 heteroatoms. The Morgan fingerprint density at radius 1 is 1.20 bits per heavy atom. The number of hydrogen-bond donors (Lipinski definition) is 2. The molecule has 2 bridgehead atoms. The van der Waals surface area contributed by atoms with Crippen molar-refractivity contribution in [2.75, 3.05) is 69.8 Å². The number of amides is 1. The molecule has 1 aromatic carbocycles.